The van der Waals surface area contributed by atoms with E-state index in [2.05, 4.69) is 5.73 Å². The summed E-state index contributed by atoms with van der Waals surface area (Å²) < 4.78 is 4.96. The minimum absolute atomic E-state index is 0.276. The van der Waals surface area contributed by atoms with Crippen LogP contribution >= 0.6 is 0 Å². The summed E-state index contributed by atoms with van der Waals surface area (Å²) in [4.78, 5) is 11.1. The quantitative estimate of drug-likeness (QED) is 0.367. The second kappa shape index (κ2) is 5.62. The van der Waals surface area contributed by atoms with Gasteiger partial charge >= 0.3 is 5.97 Å². The van der Waals surface area contributed by atoms with Gasteiger partial charge in [0.1, 0.15) is 0 Å². The van der Waals surface area contributed by atoms with Crippen molar-refractivity contribution in [3.8, 4) is 0 Å². The molecule has 0 bridgehead atoms. The standard InChI is InChI=1S/C10H16O2/c1-5-6-9(4)10(11)12-7-8(2)3/h5,8H,7H2,1-4H3. The molecule has 0 spiro atoms. The average Bonchev–Trinajstić information content (AvgIpc) is 2.00. The maximum Gasteiger partial charge on any atom is 0.341 e. The molecular weight excluding hydrogens is 152 g/mol. The van der Waals surface area contributed by atoms with E-state index in [0.29, 0.717) is 18.1 Å². The summed E-state index contributed by atoms with van der Waals surface area (Å²) in [6, 6.07) is 0. The molecule has 2 heteroatoms. The van der Waals surface area contributed by atoms with E-state index in [-0.39, 0.29) is 5.97 Å². The van der Waals surface area contributed by atoms with Gasteiger partial charge in [0.25, 0.3) is 0 Å². The second-order valence-corrected chi connectivity index (χ2v) is 3.05. The first-order valence-electron chi connectivity index (χ1n) is 4.13. The Hall–Kier alpha value is -1.01. The lowest BCUT2D eigenvalue weighted by molar-refractivity contribution is -0.139. The molecule has 12 heavy (non-hydrogen) atoms. The molecule has 0 rings (SSSR count). The first kappa shape index (κ1) is 11.0. The molecule has 0 aromatic carbocycles. The maximum absolute atomic E-state index is 11.1. The highest BCUT2D eigenvalue weighted by Gasteiger charge is 2.05. The van der Waals surface area contributed by atoms with Crippen LogP contribution in [0.1, 0.15) is 27.7 Å². The number of hydrogen-bond donors (Lipinski definition) is 0. The Morgan fingerprint density at radius 2 is 2.17 bits per heavy atom. The van der Waals surface area contributed by atoms with Crippen LogP contribution in [0.3, 0.4) is 0 Å². The van der Waals surface area contributed by atoms with Gasteiger partial charge in [-0.05, 0) is 25.8 Å². The molecule has 0 radical (unpaired) electrons. The summed E-state index contributed by atoms with van der Waals surface area (Å²) in [7, 11) is 0. The average molecular weight is 168 g/mol. The van der Waals surface area contributed by atoms with Gasteiger partial charge in [0, 0.05) is 0 Å². The Labute approximate surface area is 73.9 Å². The Balaban J connectivity index is 3.97. The molecule has 0 aromatic rings. The lowest BCUT2D eigenvalue weighted by Gasteiger charge is -2.05. The molecule has 68 valence electrons. The van der Waals surface area contributed by atoms with Crippen molar-refractivity contribution < 1.29 is 9.53 Å². The van der Waals surface area contributed by atoms with E-state index >= 15 is 0 Å². The SMILES string of the molecule is CC=C=C(C)C(=O)OCC(C)C. The van der Waals surface area contributed by atoms with E-state index in [1.807, 2.05) is 20.8 Å². The number of carbonyl (C=O) groups excluding carboxylic acids is 1. The zero-order chi connectivity index (χ0) is 9.56. The first-order chi connectivity index (χ1) is 5.57. The van der Waals surface area contributed by atoms with Crippen molar-refractivity contribution >= 4 is 5.97 Å². The van der Waals surface area contributed by atoms with Crippen LogP contribution in [0.25, 0.3) is 0 Å². The molecule has 0 saturated carbocycles. The molecule has 2 nitrogen and oxygen atoms in total. The van der Waals surface area contributed by atoms with Gasteiger partial charge in [-0.1, -0.05) is 13.8 Å². The molecular formula is C10H16O2. The monoisotopic (exact) mass is 168 g/mol. The third-order valence-electron chi connectivity index (χ3n) is 1.21. The van der Waals surface area contributed by atoms with Crippen LogP contribution in [-0.4, -0.2) is 12.6 Å². The molecule has 0 amide bonds. The molecule has 0 aromatic heterocycles. The summed E-state index contributed by atoms with van der Waals surface area (Å²) in [5.41, 5.74) is 3.31. The minimum atomic E-state index is -0.276. The Kier molecular flexibility index (Phi) is 5.14. The van der Waals surface area contributed by atoms with Crippen molar-refractivity contribution in [1.29, 1.82) is 0 Å². The van der Waals surface area contributed by atoms with Crippen LogP contribution in [0.5, 0.6) is 0 Å². The predicted octanol–water partition coefficient (Wildman–Crippen LogP) is 2.31. The number of ether oxygens (including phenoxy) is 1. The van der Waals surface area contributed by atoms with Crippen molar-refractivity contribution in [2.45, 2.75) is 27.7 Å². The predicted molar refractivity (Wildman–Crippen MR) is 48.7 cm³/mol. The van der Waals surface area contributed by atoms with E-state index in [0.717, 1.165) is 0 Å². The van der Waals surface area contributed by atoms with Gasteiger partial charge in [0.2, 0.25) is 0 Å². The van der Waals surface area contributed by atoms with Crippen LogP contribution in [0.4, 0.5) is 0 Å². The molecule has 0 fully saturated rings. The number of carbonyl (C=O) groups is 1. The van der Waals surface area contributed by atoms with Crippen LogP contribution in [0.2, 0.25) is 0 Å². The largest absolute Gasteiger partial charge is 0.462 e. The Morgan fingerprint density at radius 1 is 1.58 bits per heavy atom. The van der Waals surface area contributed by atoms with Crippen molar-refractivity contribution in [3.05, 3.63) is 17.4 Å². The van der Waals surface area contributed by atoms with Gasteiger partial charge in [0.15, 0.2) is 0 Å². The van der Waals surface area contributed by atoms with Gasteiger partial charge < -0.3 is 4.74 Å². The summed E-state index contributed by atoms with van der Waals surface area (Å²) in [5.74, 6) is 0.106. The van der Waals surface area contributed by atoms with Crippen molar-refractivity contribution in [1.82, 2.24) is 0 Å². The van der Waals surface area contributed by atoms with E-state index in [4.69, 9.17) is 4.74 Å². The fourth-order valence-corrected chi connectivity index (χ4v) is 0.626. The van der Waals surface area contributed by atoms with Crippen molar-refractivity contribution in [3.63, 3.8) is 0 Å². The number of rotatable bonds is 3. The third kappa shape index (κ3) is 4.75. The Bertz CT molecular complexity index is 208. The van der Waals surface area contributed by atoms with Gasteiger partial charge in [-0.15, -0.1) is 5.73 Å². The lowest BCUT2D eigenvalue weighted by atomic mass is 10.2. The third-order valence-corrected chi connectivity index (χ3v) is 1.21. The van der Waals surface area contributed by atoms with Crippen LogP contribution in [-0.2, 0) is 9.53 Å². The zero-order valence-electron chi connectivity index (χ0n) is 8.18. The summed E-state index contributed by atoms with van der Waals surface area (Å²) in [6.07, 6.45) is 1.70. The lowest BCUT2D eigenvalue weighted by Crippen LogP contribution is -2.10. The fraction of sp³-hybridized carbons (Fsp3) is 0.600. The molecule has 0 saturated heterocycles. The molecule has 0 aliphatic rings. The highest BCUT2D eigenvalue weighted by atomic mass is 16.5. The molecule has 0 atom stereocenters. The van der Waals surface area contributed by atoms with Crippen LogP contribution < -0.4 is 0 Å². The van der Waals surface area contributed by atoms with E-state index < -0.39 is 0 Å². The van der Waals surface area contributed by atoms with Crippen LogP contribution in [0, 0.1) is 5.92 Å². The summed E-state index contributed by atoms with van der Waals surface area (Å²) in [6.45, 7) is 7.99. The van der Waals surface area contributed by atoms with E-state index in [9.17, 15) is 4.79 Å². The Morgan fingerprint density at radius 3 is 2.58 bits per heavy atom. The van der Waals surface area contributed by atoms with E-state index in [1.54, 1.807) is 13.0 Å². The molecule has 0 aliphatic carbocycles. The number of hydrogen-bond acceptors (Lipinski definition) is 2. The first-order valence-corrected chi connectivity index (χ1v) is 4.13. The second-order valence-electron chi connectivity index (χ2n) is 3.05. The zero-order valence-corrected chi connectivity index (χ0v) is 8.18. The maximum atomic E-state index is 11.1. The van der Waals surface area contributed by atoms with E-state index in [1.165, 1.54) is 0 Å². The highest BCUT2D eigenvalue weighted by Crippen LogP contribution is 1.98. The van der Waals surface area contributed by atoms with Gasteiger partial charge in [-0.25, -0.2) is 4.79 Å². The molecule has 0 N–H and O–H groups in total. The summed E-state index contributed by atoms with van der Waals surface area (Å²) in [5, 5.41) is 0. The fourth-order valence-electron chi connectivity index (χ4n) is 0.626. The minimum Gasteiger partial charge on any atom is -0.462 e. The topological polar surface area (TPSA) is 26.3 Å². The molecule has 0 unspecified atom stereocenters. The normalized spacial score (nSPS) is 9.08. The highest BCUT2D eigenvalue weighted by molar-refractivity contribution is 5.87. The van der Waals surface area contributed by atoms with Gasteiger partial charge in [-0.2, -0.15) is 0 Å². The van der Waals surface area contributed by atoms with Crippen molar-refractivity contribution in [2.24, 2.45) is 5.92 Å². The van der Waals surface area contributed by atoms with Crippen molar-refractivity contribution in [2.75, 3.05) is 6.61 Å². The molecule has 0 aliphatic heterocycles. The van der Waals surface area contributed by atoms with Gasteiger partial charge in [0.05, 0.1) is 12.2 Å². The smallest absolute Gasteiger partial charge is 0.341 e. The molecule has 0 heterocycles. The van der Waals surface area contributed by atoms with Gasteiger partial charge in [-0.3, -0.25) is 0 Å². The van der Waals surface area contributed by atoms with Crippen LogP contribution in [0.15, 0.2) is 17.4 Å². The number of esters is 1. The summed E-state index contributed by atoms with van der Waals surface area (Å²) >= 11 is 0.